The van der Waals surface area contributed by atoms with Crippen LogP contribution in [0.2, 0.25) is 0 Å². The Morgan fingerprint density at radius 1 is 1.24 bits per heavy atom. The highest BCUT2D eigenvalue weighted by molar-refractivity contribution is 5.73. The van der Waals surface area contributed by atoms with Gasteiger partial charge in [0.05, 0.1) is 0 Å². The number of carbonyl (C=O) groups is 1. The van der Waals surface area contributed by atoms with E-state index < -0.39 is 0 Å². The lowest BCUT2D eigenvalue weighted by molar-refractivity contribution is 0.236. The highest BCUT2D eigenvalue weighted by Gasteiger charge is 2.25. The first kappa shape index (κ1) is 14.1. The van der Waals surface area contributed by atoms with Crippen LogP contribution in [0, 0.1) is 0 Å². The summed E-state index contributed by atoms with van der Waals surface area (Å²) in [5.74, 6) is 1.12. The van der Waals surface area contributed by atoms with Gasteiger partial charge in [-0.3, -0.25) is 0 Å². The molecule has 0 bridgehead atoms. The van der Waals surface area contributed by atoms with E-state index in [4.69, 9.17) is 0 Å². The number of nitrogens with one attached hydrogen (secondary N) is 2. The number of rotatable bonds is 2. The highest BCUT2D eigenvalue weighted by Crippen LogP contribution is 2.28. The molecule has 0 aromatic carbocycles. The number of aryl methyl sites for hydroxylation is 1. The summed E-state index contributed by atoms with van der Waals surface area (Å²) in [4.78, 5) is 22.7. The number of nitrogens with zero attached hydrogens (tertiary/aromatic N) is 3. The van der Waals surface area contributed by atoms with Crippen molar-refractivity contribution in [2.45, 2.75) is 44.6 Å². The van der Waals surface area contributed by atoms with Crippen molar-refractivity contribution in [3.05, 3.63) is 17.6 Å². The molecule has 1 aromatic heterocycles. The van der Waals surface area contributed by atoms with Crippen molar-refractivity contribution < 1.29 is 4.79 Å². The zero-order valence-electron chi connectivity index (χ0n) is 12.6. The minimum Gasteiger partial charge on any atom is -0.356 e. The van der Waals surface area contributed by atoms with E-state index in [2.05, 4.69) is 25.5 Å². The third kappa shape index (κ3) is 3.09. The summed E-state index contributed by atoms with van der Waals surface area (Å²) in [6.07, 6.45) is 8.29. The van der Waals surface area contributed by atoms with Crippen molar-refractivity contribution in [1.82, 2.24) is 20.6 Å². The lowest BCUT2D eigenvalue weighted by atomic mass is 9.95. The minimum atomic E-state index is -0.0899. The monoisotopic (exact) mass is 289 g/mol. The zero-order valence-corrected chi connectivity index (χ0v) is 12.6. The lowest BCUT2D eigenvalue weighted by Crippen LogP contribution is -2.47. The van der Waals surface area contributed by atoms with Crippen LogP contribution in [0.4, 0.5) is 10.6 Å². The second-order valence-corrected chi connectivity index (χ2v) is 5.81. The number of anilines is 1. The SMILES string of the molecule is CNC(=O)NC1CCN(c2ncnc3c2CCCC3)CC1. The third-order valence-electron chi connectivity index (χ3n) is 4.46. The summed E-state index contributed by atoms with van der Waals surface area (Å²) < 4.78 is 0. The third-order valence-corrected chi connectivity index (χ3v) is 4.46. The summed E-state index contributed by atoms with van der Waals surface area (Å²) in [5, 5.41) is 5.61. The molecule has 6 nitrogen and oxygen atoms in total. The molecule has 2 heterocycles. The maximum Gasteiger partial charge on any atom is 0.314 e. The van der Waals surface area contributed by atoms with Gasteiger partial charge in [0, 0.05) is 37.4 Å². The number of amides is 2. The quantitative estimate of drug-likeness (QED) is 0.860. The molecule has 0 atom stereocenters. The molecule has 21 heavy (non-hydrogen) atoms. The Balaban J connectivity index is 1.66. The number of carbonyl (C=O) groups excluding carboxylic acids is 1. The molecule has 3 rings (SSSR count). The normalized spacial score (nSPS) is 19.0. The number of fused-ring (bicyclic) bond motifs is 1. The molecule has 0 radical (unpaired) electrons. The van der Waals surface area contributed by atoms with E-state index in [0.717, 1.165) is 44.6 Å². The van der Waals surface area contributed by atoms with Gasteiger partial charge in [0.15, 0.2) is 0 Å². The van der Waals surface area contributed by atoms with Crippen molar-refractivity contribution in [2.75, 3.05) is 25.0 Å². The fourth-order valence-corrected chi connectivity index (χ4v) is 3.27. The molecule has 114 valence electrons. The van der Waals surface area contributed by atoms with Crippen molar-refractivity contribution in [2.24, 2.45) is 0 Å². The first-order valence-electron chi connectivity index (χ1n) is 7.84. The van der Waals surface area contributed by atoms with Gasteiger partial charge in [-0.2, -0.15) is 0 Å². The van der Waals surface area contributed by atoms with E-state index in [-0.39, 0.29) is 12.1 Å². The lowest BCUT2D eigenvalue weighted by Gasteiger charge is -2.34. The van der Waals surface area contributed by atoms with Gasteiger partial charge in [0.25, 0.3) is 0 Å². The van der Waals surface area contributed by atoms with Gasteiger partial charge in [-0.1, -0.05) is 0 Å². The molecule has 2 amide bonds. The Bertz CT molecular complexity index is 511. The molecule has 1 fully saturated rings. The van der Waals surface area contributed by atoms with Crippen LogP contribution >= 0.6 is 0 Å². The van der Waals surface area contributed by atoms with Gasteiger partial charge in [-0.05, 0) is 38.5 Å². The molecular formula is C15H23N5O. The van der Waals surface area contributed by atoms with E-state index in [1.165, 1.54) is 24.1 Å². The summed E-state index contributed by atoms with van der Waals surface area (Å²) in [6, 6.07) is 0.173. The smallest absolute Gasteiger partial charge is 0.314 e. The van der Waals surface area contributed by atoms with Crippen LogP contribution in [0.5, 0.6) is 0 Å². The van der Waals surface area contributed by atoms with Crippen LogP contribution in [-0.2, 0) is 12.8 Å². The van der Waals surface area contributed by atoms with Crippen LogP contribution < -0.4 is 15.5 Å². The number of urea groups is 1. The van der Waals surface area contributed by atoms with Crippen LogP contribution in [0.1, 0.15) is 36.9 Å². The van der Waals surface area contributed by atoms with Crippen LogP contribution in [0.3, 0.4) is 0 Å². The number of aromatic nitrogens is 2. The molecule has 0 spiro atoms. The van der Waals surface area contributed by atoms with Crippen molar-refractivity contribution >= 4 is 11.8 Å². The van der Waals surface area contributed by atoms with Crippen molar-refractivity contribution in [3.63, 3.8) is 0 Å². The Kier molecular flexibility index (Phi) is 4.22. The Labute approximate surface area is 125 Å². The van der Waals surface area contributed by atoms with E-state index in [1.54, 1.807) is 13.4 Å². The van der Waals surface area contributed by atoms with E-state index in [0.29, 0.717) is 0 Å². The maximum atomic E-state index is 11.4. The largest absolute Gasteiger partial charge is 0.356 e. The van der Waals surface area contributed by atoms with E-state index in [1.807, 2.05) is 0 Å². The van der Waals surface area contributed by atoms with Gasteiger partial charge < -0.3 is 15.5 Å². The average Bonchev–Trinajstić information content (AvgIpc) is 2.55. The molecule has 1 aliphatic heterocycles. The van der Waals surface area contributed by atoms with Crippen LogP contribution in [-0.4, -0.2) is 42.2 Å². The van der Waals surface area contributed by atoms with Gasteiger partial charge >= 0.3 is 6.03 Å². The predicted molar refractivity (Wildman–Crippen MR) is 81.5 cm³/mol. The number of piperidine rings is 1. The summed E-state index contributed by atoms with van der Waals surface area (Å²) in [5.41, 5.74) is 2.58. The molecule has 1 saturated heterocycles. The summed E-state index contributed by atoms with van der Waals surface area (Å²) in [7, 11) is 1.65. The molecule has 0 saturated carbocycles. The van der Waals surface area contributed by atoms with Crippen LogP contribution in [0.15, 0.2) is 6.33 Å². The summed E-state index contributed by atoms with van der Waals surface area (Å²) >= 11 is 0. The zero-order chi connectivity index (χ0) is 14.7. The molecule has 6 heteroatoms. The highest BCUT2D eigenvalue weighted by atomic mass is 16.2. The first-order chi connectivity index (χ1) is 10.3. The Hall–Kier alpha value is -1.85. The second kappa shape index (κ2) is 6.28. The average molecular weight is 289 g/mol. The predicted octanol–water partition coefficient (Wildman–Crippen LogP) is 1.25. The molecule has 0 unspecified atom stereocenters. The molecule has 2 aliphatic rings. The van der Waals surface area contributed by atoms with Gasteiger partial charge in [0.2, 0.25) is 0 Å². The number of hydrogen-bond donors (Lipinski definition) is 2. The molecular weight excluding hydrogens is 266 g/mol. The standard InChI is InChI=1S/C15H23N5O/c1-16-15(21)19-11-6-8-20(9-7-11)14-12-4-2-3-5-13(12)17-10-18-14/h10-11H,2-9H2,1H3,(H2,16,19,21). The van der Waals surface area contributed by atoms with E-state index in [9.17, 15) is 4.79 Å². The first-order valence-corrected chi connectivity index (χ1v) is 7.84. The fraction of sp³-hybridized carbons (Fsp3) is 0.667. The van der Waals surface area contributed by atoms with Gasteiger partial charge in [-0.15, -0.1) is 0 Å². The maximum absolute atomic E-state index is 11.4. The second-order valence-electron chi connectivity index (χ2n) is 5.81. The Morgan fingerprint density at radius 2 is 2.00 bits per heavy atom. The molecule has 2 N–H and O–H groups in total. The van der Waals surface area contributed by atoms with Crippen molar-refractivity contribution in [3.8, 4) is 0 Å². The van der Waals surface area contributed by atoms with Gasteiger partial charge in [0.1, 0.15) is 12.1 Å². The van der Waals surface area contributed by atoms with Crippen molar-refractivity contribution in [1.29, 1.82) is 0 Å². The molecule has 1 aliphatic carbocycles. The van der Waals surface area contributed by atoms with Crippen LogP contribution in [0.25, 0.3) is 0 Å². The van der Waals surface area contributed by atoms with E-state index >= 15 is 0 Å². The number of hydrogen-bond acceptors (Lipinski definition) is 4. The molecule has 1 aromatic rings. The minimum absolute atomic E-state index is 0.0899. The van der Waals surface area contributed by atoms with Gasteiger partial charge in [-0.25, -0.2) is 14.8 Å². The Morgan fingerprint density at radius 3 is 2.76 bits per heavy atom. The summed E-state index contributed by atoms with van der Waals surface area (Å²) in [6.45, 7) is 1.89. The fourth-order valence-electron chi connectivity index (χ4n) is 3.27. The topological polar surface area (TPSA) is 70.2 Å².